The summed E-state index contributed by atoms with van der Waals surface area (Å²) in [6.07, 6.45) is 5.26. The lowest BCUT2D eigenvalue weighted by atomic mass is 10.4. The zero-order chi connectivity index (χ0) is 8.97. The molecule has 1 aromatic heterocycles. The van der Waals surface area contributed by atoms with Gasteiger partial charge < -0.3 is 5.73 Å². The summed E-state index contributed by atoms with van der Waals surface area (Å²) < 4.78 is 1.92. The first kappa shape index (κ1) is 9.45. The van der Waals surface area contributed by atoms with Crippen molar-refractivity contribution in [2.24, 2.45) is 0 Å². The number of rotatable bonds is 4. The Hall–Kier alpha value is -0.640. The number of hydrogen-bond acceptors (Lipinski definition) is 3. The molecule has 0 bridgehead atoms. The molecule has 0 atom stereocenters. The minimum Gasteiger partial charge on any atom is -0.382 e. The third kappa shape index (κ3) is 2.44. The average molecular weight is 185 g/mol. The van der Waals surface area contributed by atoms with Gasteiger partial charge in [0.2, 0.25) is 0 Å². The molecule has 0 saturated carbocycles. The molecule has 0 aliphatic rings. The summed E-state index contributed by atoms with van der Waals surface area (Å²) in [5, 5.41) is 4.17. The van der Waals surface area contributed by atoms with E-state index in [1.807, 2.05) is 29.6 Å². The van der Waals surface area contributed by atoms with Gasteiger partial charge in [-0.1, -0.05) is 0 Å². The molecule has 2 N–H and O–H groups in total. The first-order chi connectivity index (χ1) is 5.74. The Bertz CT molecular complexity index is 225. The molecule has 0 amide bonds. The molecular formula is C8H15N3S. The summed E-state index contributed by atoms with van der Waals surface area (Å²) in [4.78, 5) is 0. The SMILES string of the molecule is CSCCCn1cc(C)c(N)n1. The van der Waals surface area contributed by atoms with Gasteiger partial charge in [-0.15, -0.1) is 0 Å². The molecule has 12 heavy (non-hydrogen) atoms. The highest BCUT2D eigenvalue weighted by molar-refractivity contribution is 7.98. The van der Waals surface area contributed by atoms with E-state index in [1.165, 1.54) is 5.75 Å². The summed E-state index contributed by atoms with van der Waals surface area (Å²) in [6, 6.07) is 0. The minimum atomic E-state index is 0.652. The second-order valence-electron chi connectivity index (χ2n) is 2.81. The third-order valence-corrected chi connectivity index (χ3v) is 2.42. The van der Waals surface area contributed by atoms with E-state index in [0.29, 0.717) is 5.82 Å². The van der Waals surface area contributed by atoms with E-state index in [1.54, 1.807) is 0 Å². The van der Waals surface area contributed by atoms with Gasteiger partial charge in [-0.05, 0) is 25.4 Å². The second kappa shape index (κ2) is 4.40. The maximum atomic E-state index is 5.61. The first-order valence-electron chi connectivity index (χ1n) is 4.02. The maximum absolute atomic E-state index is 5.61. The van der Waals surface area contributed by atoms with Crippen molar-refractivity contribution in [1.82, 2.24) is 9.78 Å². The molecule has 0 aliphatic heterocycles. The summed E-state index contributed by atoms with van der Waals surface area (Å²) in [5.41, 5.74) is 6.68. The maximum Gasteiger partial charge on any atom is 0.148 e. The van der Waals surface area contributed by atoms with E-state index in [0.717, 1.165) is 18.5 Å². The van der Waals surface area contributed by atoms with Crippen molar-refractivity contribution in [2.75, 3.05) is 17.7 Å². The van der Waals surface area contributed by atoms with Crippen molar-refractivity contribution in [3.8, 4) is 0 Å². The average Bonchev–Trinajstić information content (AvgIpc) is 2.32. The fourth-order valence-corrected chi connectivity index (χ4v) is 1.44. The standard InChI is InChI=1S/C8H15N3S/c1-7-6-11(10-8(7)9)4-3-5-12-2/h6H,3-5H2,1-2H3,(H2,9,10). The Morgan fingerprint density at radius 1 is 1.67 bits per heavy atom. The molecule has 0 spiro atoms. The van der Waals surface area contributed by atoms with Gasteiger partial charge in [-0.3, -0.25) is 4.68 Å². The van der Waals surface area contributed by atoms with E-state index in [-0.39, 0.29) is 0 Å². The van der Waals surface area contributed by atoms with Crippen LogP contribution in [-0.2, 0) is 6.54 Å². The zero-order valence-electron chi connectivity index (χ0n) is 7.58. The molecule has 1 rings (SSSR count). The van der Waals surface area contributed by atoms with Crippen LogP contribution in [0.2, 0.25) is 0 Å². The summed E-state index contributed by atoms with van der Waals surface area (Å²) >= 11 is 1.86. The monoisotopic (exact) mass is 185 g/mol. The summed E-state index contributed by atoms with van der Waals surface area (Å²) in [5.74, 6) is 1.83. The fraction of sp³-hybridized carbons (Fsp3) is 0.625. The van der Waals surface area contributed by atoms with Gasteiger partial charge in [0, 0.05) is 18.3 Å². The highest BCUT2D eigenvalue weighted by Gasteiger charge is 1.99. The van der Waals surface area contributed by atoms with E-state index in [4.69, 9.17) is 5.73 Å². The van der Waals surface area contributed by atoms with Crippen LogP contribution >= 0.6 is 11.8 Å². The molecule has 0 radical (unpaired) electrons. The molecular weight excluding hydrogens is 170 g/mol. The Balaban J connectivity index is 2.42. The molecule has 0 saturated heterocycles. The molecule has 0 unspecified atom stereocenters. The highest BCUT2D eigenvalue weighted by Crippen LogP contribution is 2.07. The number of nitrogens with zero attached hydrogens (tertiary/aromatic N) is 2. The number of thioether (sulfide) groups is 1. The van der Waals surface area contributed by atoms with Gasteiger partial charge in [0.25, 0.3) is 0 Å². The Morgan fingerprint density at radius 3 is 2.92 bits per heavy atom. The van der Waals surface area contributed by atoms with Crippen molar-refractivity contribution >= 4 is 17.6 Å². The molecule has 1 heterocycles. The number of anilines is 1. The molecule has 68 valence electrons. The number of nitrogens with two attached hydrogens (primary N) is 1. The van der Waals surface area contributed by atoms with Crippen molar-refractivity contribution in [1.29, 1.82) is 0 Å². The van der Waals surface area contributed by atoms with Crippen LogP contribution in [0.4, 0.5) is 5.82 Å². The number of hydrogen-bond donors (Lipinski definition) is 1. The largest absolute Gasteiger partial charge is 0.382 e. The second-order valence-corrected chi connectivity index (χ2v) is 3.79. The van der Waals surface area contributed by atoms with E-state index >= 15 is 0 Å². The predicted molar refractivity (Wildman–Crippen MR) is 54.4 cm³/mol. The van der Waals surface area contributed by atoms with Crippen LogP contribution in [0.15, 0.2) is 6.20 Å². The van der Waals surface area contributed by atoms with Gasteiger partial charge in [0.1, 0.15) is 5.82 Å². The van der Waals surface area contributed by atoms with Crippen LogP contribution in [-0.4, -0.2) is 21.8 Å². The number of nitrogen functional groups attached to an aromatic ring is 1. The van der Waals surface area contributed by atoms with Gasteiger partial charge in [-0.25, -0.2) is 0 Å². The van der Waals surface area contributed by atoms with Crippen LogP contribution in [0.3, 0.4) is 0 Å². The number of aromatic nitrogens is 2. The van der Waals surface area contributed by atoms with Gasteiger partial charge in [-0.2, -0.15) is 16.9 Å². The van der Waals surface area contributed by atoms with Crippen LogP contribution in [0.5, 0.6) is 0 Å². The van der Waals surface area contributed by atoms with Crippen LogP contribution in [0, 0.1) is 6.92 Å². The molecule has 1 aromatic rings. The van der Waals surface area contributed by atoms with Crippen molar-refractivity contribution in [2.45, 2.75) is 19.9 Å². The lowest BCUT2D eigenvalue weighted by molar-refractivity contribution is 0.608. The van der Waals surface area contributed by atoms with E-state index in [9.17, 15) is 0 Å². The normalized spacial score (nSPS) is 10.5. The zero-order valence-corrected chi connectivity index (χ0v) is 8.40. The summed E-state index contributed by atoms with van der Waals surface area (Å²) in [7, 11) is 0. The fourth-order valence-electron chi connectivity index (χ4n) is 1.02. The van der Waals surface area contributed by atoms with Crippen molar-refractivity contribution in [3.63, 3.8) is 0 Å². The first-order valence-corrected chi connectivity index (χ1v) is 5.42. The Kier molecular flexibility index (Phi) is 3.47. The predicted octanol–water partition coefficient (Wildman–Crippen LogP) is 1.53. The van der Waals surface area contributed by atoms with Gasteiger partial charge in [0.05, 0.1) is 0 Å². The van der Waals surface area contributed by atoms with Crippen molar-refractivity contribution < 1.29 is 0 Å². The topological polar surface area (TPSA) is 43.8 Å². The van der Waals surface area contributed by atoms with E-state index < -0.39 is 0 Å². The van der Waals surface area contributed by atoms with Gasteiger partial charge >= 0.3 is 0 Å². The van der Waals surface area contributed by atoms with Gasteiger partial charge in [0.15, 0.2) is 0 Å². The smallest absolute Gasteiger partial charge is 0.148 e. The minimum absolute atomic E-state index is 0.652. The molecule has 4 heteroatoms. The molecule has 0 aromatic carbocycles. The van der Waals surface area contributed by atoms with Crippen molar-refractivity contribution in [3.05, 3.63) is 11.8 Å². The lowest BCUT2D eigenvalue weighted by Gasteiger charge is -1.98. The molecule has 3 nitrogen and oxygen atoms in total. The third-order valence-electron chi connectivity index (χ3n) is 1.72. The Labute approximate surface area is 77.3 Å². The Morgan fingerprint density at radius 2 is 2.42 bits per heavy atom. The van der Waals surface area contributed by atoms with Crippen LogP contribution < -0.4 is 5.73 Å². The molecule has 0 fully saturated rings. The summed E-state index contributed by atoms with van der Waals surface area (Å²) in [6.45, 7) is 2.95. The van der Waals surface area contributed by atoms with Crippen LogP contribution in [0.1, 0.15) is 12.0 Å². The van der Waals surface area contributed by atoms with Crippen LogP contribution in [0.25, 0.3) is 0 Å². The highest BCUT2D eigenvalue weighted by atomic mass is 32.2. The quantitative estimate of drug-likeness (QED) is 0.723. The number of aryl methyl sites for hydroxylation is 2. The molecule has 0 aliphatic carbocycles. The van der Waals surface area contributed by atoms with E-state index in [2.05, 4.69) is 11.4 Å². The lowest BCUT2D eigenvalue weighted by Crippen LogP contribution is -2.00.